The molecule has 1 saturated heterocycles. The molecule has 0 N–H and O–H groups in total. The summed E-state index contributed by atoms with van der Waals surface area (Å²) in [6, 6.07) is 8.36. The second-order valence-electron chi connectivity index (χ2n) is 5.15. The first-order valence-corrected chi connectivity index (χ1v) is 6.53. The van der Waals surface area contributed by atoms with E-state index in [1.165, 1.54) is 11.1 Å². The van der Waals surface area contributed by atoms with Crippen molar-refractivity contribution in [3.8, 4) is 0 Å². The van der Waals surface area contributed by atoms with Crippen LogP contribution in [0.3, 0.4) is 0 Å². The van der Waals surface area contributed by atoms with E-state index in [9.17, 15) is 0 Å². The fraction of sp³-hybridized carbons (Fsp3) is 0.600. The molecule has 0 aliphatic carbocycles. The monoisotopic (exact) mass is 250 g/mol. The van der Waals surface area contributed by atoms with Crippen molar-refractivity contribution in [1.29, 1.82) is 0 Å². The van der Waals surface area contributed by atoms with E-state index in [2.05, 4.69) is 38.1 Å². The number of ether oxygens (including phenoxy) is 3. The minimum absolute atomic E-state index is 0.243. The van der Waals surface area contributed by atoms with Crippen LogP contribution in [-0.4, -0.2) is 26.6 Å². The molecule has 1 aliphatic heterocycles. The lowest BCUT2D eigenvalue weighted by Gasteiger charge is -2.40. The normalized spacial score (nSPS) is 17.4. The zero-order chi connectivity index (χ0) is 12.8. The van der Waals surface area contributed by atoms with Crippen LogP contribution in [0.25, 0.3) is 0 Å². The van der Waals surface area contributed by atoms with Crippen LogP contribution < -0.4 is 0 Å². The number of aryl methyl sites for hydroxylation is 1. The average molecular weight is 250 g/mol. The summed E-state index contributed by atoms with van der Waals surface area (Å²) in [4.78, 5) is 0. The van der Waals surface area contributed by atoms with Gasteiger partial charge >= 0.3 is 0 Å². The second-order valence-corrected chi connectivity index (χ2v) is 5.15. The van der Waals surface area contributed by atoms with E-state index in [4.69, 9.17) is 14.2 Å². The van der Waals surface area contributed by atoms with Crippen LogP contribution in [0.4, 0.5) is 0 Å². The van der Waals surface area contributed by atoms with Gasteiger partial charge in [0.2, 0.25) is 0 Å². The topological polar surface area (TPSA) is 27.7 Å². The van der Waals surface area contributed by atoms with Crippen LogP contribution in [0.1, 0.15) is 24.5 Å². The SMILES string of the molecule is CCC1(COCOCc2ccc(C)cc2)COC1. The Morgan fingerprint density at radius 1 is 1.17 bits per heavy atom. The smallest absolute Gasteiger partial charge is 0.147 e. The lowest BCUT2D eigenvalue weighted by Crippen LogP contribution is -2.45. The molecule has 0 amide bonds. The Labute approximate surface area is 109 Å². The molecule has 1 fully saturated rings. The van der Waals surface area contributed by atoms with Gasteiger partial charge in [-0.05, 0) is 18.9 Å². The van der Waals surface area contributed by atoms with Crippen molar-refractivity contribution in [3.05, 3.63) is 35.4 Å². The Bertz CT molecular complexity index is 349. The minimum Gasteiger partial charge on any atom is -0.380 e. The summed E-state index contributed by atoms with van der Waals surface area (Å²) >= 11 is 0. The first-order chi connectivity index (χ1) is 8.74. The second kappa shape index (κ2) is 6.32. The number of hydrogen-bond acceptors (Lipinski definition) is 3. The molecular weight excluding hydrogens is 228 g/mol. The molecule has 100 valence electrons. The Hall–Kier alpha value is -0.900. The highest BCUT2D eigenvalue weighted by Gasteiger charge is 2.36. The van der Waals surface area contributed by atoms with Crippen molar-refractivity contribution >= 4 is 0 Å². The molecule has 0 atom stereocenters. The highest BCUT2D eigenvalue weighted by atomic mass is 16.7. The van der Waals surface area contributed by atoms with Gasteiger partial charge in [-0.25, -0.2) is 0 Å². The molecule has 0 spiro atoms. The van der Waals surface area contributed by atoms with Crippen molar-refractivity contribution in [2.45, 2.75) is 26.9 Å². The lowest BCUT2D eigenvalue weighted by molar-refractivity contribution is -0.174. The van der Waals surface area contributed by atoms with Gasteiger partial charge in [-0.15, -0.1) is 0 Å². The molecule has 0 saturated carbocycles. The lowest BCUT2D eigenvalue weighted by atomic mass is 9.84. The molecule has 2 rings (SSSR count). The summed E-state index contributed by atoms with van der Waals surface area (Å²) < 4.78 is 16.3. The molecule has 0 radical (unpaired) electrons. The molecular formula is C15H22O3. The van der Waals surface area contributed by atoms with E-state index in [-0.39, 0.29) is 5.41 Å². The van der Waals surface area contributed by atoms with E-state index >= 15 is 0 Å². The van der Waals surface area contributed by atoms with Gasteiger partial charge in [0.15, 0.2) is 0 Å². The first-order valence-electron chi connectivity index (χ1n) is 6.53. The molecule has 1 aromatic carbocycles. The number of rotatable bonds is 7. The van der Waals surface area contributed by atoms with Gasteiger partial charge in [0.05, 0.1) is 26.4 Å². The largest absolute Gasteiger partial charge is 0.380 e. The highest BCUT2D eigenvalue weighted by molar-refractivity contribution is 5.20. The zero-order valence-electron chi connectivity index (χ0n) is 11.3. The molecule has 3 nitrogen and oxygen atoms in total. The molecule has 0 bridgehead atoms. The highest BCUT2D eigenvalue weighted by Crippen LogP contribution is 2.31. The fourth-order valence-electron chi connectivity index (χ4n) is 1.94. The van der Waals surface area contributed by atoms with E-state index < -0.39 is 0 Å². The van der Waals surface area contributed by atoms with Gasteiger partial charge in [-0.1, -0.05) is 36.8 Å². The predicted octanol–water partition coefficient (Wildman–Crippen LogP) is 2.91. The Morgan fingerprint density at radius 3 is 2.44 bits per heavy atom. The number of benzene rings is 1. The third-order valence-corrected chi connectivity index (χ3v) is 3.53. The molecule has 1 aromatic rings. The molecule has 1 aliphatic rings. The minimum atomic E-state index is 0.243. The maximum Gasteiger partial charge on any atom is 0.147 e. The van der Waals surface area contributed by atoms with E-state index in [0.717, 1.165) is 26.2 Å². The van der Waals surface area contributed by atoms with Crippen molar-refractivity contribution in [3.63, 3.8) is 0 Å². The standard InChI is InChI=1S/C15H22O3/c1-3-15(9-17-10-15)11-18-12-16-8-14-6-4-13(2)5-7-14/h4-7H,3,8-12H2,1-2H3. The van der Waals surface area contributed by atoms with Gasteiger partial charge in [0, 0.05) is 5.41 Å². The molecule has 18 heavy (non-hydrogen) atoms. The van der Waals surface area contributed by atoms with Gasteiger partial charge < -0.3 is 14.2 Å². The number of hydrogen-bond donors (Lipinski definition) is 0. The third-order valence-electron chi connectivity index (χ3n) is 3.53. The Kier molecular flexibility index (Phi) is 4.75. The van der Waals surface area contributed by atoms with Crippen LogP contribution in [0, 0.1) is 12.3 Å². The van der Waals surface area contributed by atoms with E-state index in [1.807, 2.05) is 0 Å². The van der Waals surface area contributed by atoms with Crippen molar-refractivity contribution < 1.29 is 14.2 Å². The van der Waals surface area contributed by atoms with Crippen LogP contribution in [0.2, 0.25) is 0 Å². The van der Waals surface area contributed by atoms with Crippen molar-refractivity contribution in [2.75, 3.05) is 26.6 Å². The Morgan fingerprint density at radius 2 is 1.89 bits per heavy atom. The predicted molar refractivity (Wildman–Crippen MR) is 70.3 cm³/mol. The summed E-state index contributed by atoms with van der Waals surface area (Å²) in [5.41, 5.74) is 2.69. The van der Waals surface area contributed by atoms with Gasteiger partial charge in [0.25, 0.3) is 0 Å². The summed E-state index contributed by atoms with van der Waals surface area (Å²) in [5, 5.41) is 0. The van der Waals surface area contributed by atoms with Gasteiger partial charge in [-0.2, -0.15) is 0 Å². The van der Waals surface area contributed by atoms with Crippen LogP contribution >= 0.6 is 0 Å². The van der Waals surface area contributed by atoms with Crippen LogP contribution in [0.5, 0.6) is 0 Å². The summed E-state index contributed by atoms with van der Waals surface area (Å²) in [5.74, 6) is 0. The molecule has 0 unspecified atom stereocenters. The van der Waals surface area contributed by atoms with Crippen molar-refractivity contribution in [2.24, 2.45) is 5.41 Å². The summed E-state index contributed by atoms with van der Waals surface area (Å²) in [6.45, 7) is 7.60. The molecule has 0 aromatic heterocycles. The third kappa shape index (κ3) is 3.55. The summed E-state index contributed by atoms with van der Waals surface area (Å²) in [6.07, 6.45) is 1.10. The van der Waals surface area contributed by atoms with Crippen LogP contribution in [0.15, 0.2) is 24.3 Å². The van der Waals surface area contributed by atoms with E-state index in [1.54, 1.807) is 0 Å². The molecule has 3 heteroatoms. The average Bonchev–Trinajstić information content (AvgIpc) is 2.34. The van der Waals surface area contributed by atoms with Gasteiger partial charge in [0.1, 0.15) is 6.79 Å². The van der Waals surface area contributed by atoms with Crippen molar-refractivity contribution in [1.82, 2.24) is 0 Å². The maximum absolute atomic E-state index is 5.58. The first kappa shape index (κ1) is 13.5. The Balaban J connectivity index is 1.60. The fourth-order valence-corrected chi connectivity index (χ4v) is 1.94. The molecule has 1 heterocycles. The van der Waals surface area contributed by atoms with Gasteiger partial charge in [-0.3, -0.25) is 0 Å². The van der Waals surface area contributed by atoms with Crippen LogP contribution in [-0.2, 0) is 20.8 Å². The summed E-state index contributed by atoms with van der Waals surface area (Å²) in [7, 11) is 0. The zero-order valence-corrected chi connectivity index (χ0v) is 11.3. The van der Waals surface area contributed by atoms with E-state index in [0.29, 0.717) is 13.4 Å². The maximum atomic E-state index is 5.58. The quantitative estimate of drug-likeness (QED) is 0.550.